The Labute approximate surface area is 356 Å². The molecule has 0 amide bonds. The van der Waals surface area contributed by atoms with Crippen LogP contribution in [-0.4, -0.2) is 4.57 Å². The van der Waals surface area contributed by atoms with Gasteiger partial charge in [0.05, 0.1) is 16.7 Å². The van der Waals surface area contributed by atoms with Gasteiger partial charge in [0, 0.05) is 38.8 Å². The van der Waals surface area contributed by atoms with Crippen LogP contribution < -0.4 is 4.90 Å². The van der Waals surface area contributed by atoms with E-state index in [1.165, 1.54) is 87.9 Å². The van der Waals surface area contributed by atoms with Crippen molar-refractivity contribution in [2.75, 3.05) is 4.90 Å². The van der Waals surface area contributed by atoms with Gasteiger partial charge in [0.25, 0.3) is 0 Å². The lowest BCUT2D eigenvalue weighted by Gasteiger charge is -2.30. The van der Waals surface area contributed by atoms with Crippen molar-refractivity contribution < 1.29 is 0 Å². The van der Waals surface area contributed by atoms with Gasteiger partial charge in [-0.2, -0.15) is 0 Å². The first-order valence-electron chi connectivity index (χ1n) is 21.3. The van der Waals surface area contributed by atoms with Crippen molar-refractivity contribution in [1.29, 1.82) is 0 Å². The summed E-state index contributed by atoms with van der Waals surface area (Å²) in [5, 5.41) is 7.59. The molecule has 1 heterocycles. The lowest BCUT2D eigenvalue weighted by atomic mass is 9.78. The van der Waals surface area contributed by atoms with Crippen LogP contribution in [0.3, 0.4) is 0 Å². The molecule has 1 aliphatic rings. The highest BCUT2D eigenvalue weighted by Crippen LogP contribution is 2.54. The topological polar surface area (TPSA) is 8.17 Å². The molecule has 0 unspecified atom stereocenters. The van der Waals surface area contributed by atoms with E-state index in [-0.39, 0.29) is 5.41 Å². The molecule has 0 saturated carbocycles. The molecule has 1 aromatic heterocycles. The number of nitrogens with zero attached hydrogens (tertiary/aromatic N) is 2. The lowest BCUT2D eigenvalue weighted by molar-refractivity contribution is 0.662. The average molecular weight is 779 g/mol. The number of fused-ring (bicyclic) bond motifs is 9. The SMILES string of the molecule is CC1(C)c2ccccc2-c2cccc(-c3ccccc3N(c3ccc(-c4cccc5c4ccc4ccccc45)cc3)c3cccc(-n4c5ccccc5c5ccccc54)c3)c21. The highest BCUT2D eigenvalue weighted by Gasteiger charge is 2.38. The quantitative estimate of drug-likeness (QED) is 0.153. The summed E-state index contributed by atoms with van der Waals surface area (Å²) in [7, 11) is 0. The van der Waals surface area contributed by atoms with Gasteiger partial charge in [-0.1, -0.05) is 184 Å². The van der Waals surface area contributed by atoms with Crippen LogP contribution >= 0.6 is 0 Å². The second kappa shape index (κ2) is 13.7. The van der Waals surface area contributed by atoms with Gasteiger partial charge in [0.1, 0.15) is 0 Å². The van der Waals surface area contributed by atoms with E-state index < -0.39 is 0 Å². The Hall–Kier alpha value is -7.68. The molecule has 0 N–H and O–H groups in total. The Bertz CT molecular complexity index is 3460. The van der Waals surface area contributed by atoms with E-state index in [2.05, 4.69) is 242 Å². The summed E-state index contributed by atoms with van der Waals surface area (Å²) in [5.41, 5.74) is 17.0. The highest BCUT2D eigenvalue weighted by atomic mass is 15.1. The van der Waals surface area contributed by atoms with Crippen molar-refractivity contribution in [2.45, 2.75) is 19.3 Å². The second-order valence-corrected chi connectivity index (χ2v) is 16.9. The van der Waals surface area contributed by atoms with Gasteiger partial charge in [-0.05, 0) is 109 Å². The third kappa shape index (κ3) is 5.42. The minimum atomic E-state index is -0.164. The molecule has 0 aliphatic heterocycles. The zero-order chi connectivity index (χ0) is 40.7. The first kappa shape index (κ1) is 35.3. The fourth-order valence-electron chi connectivity index (χ4n) is 10.4. The van der Waals surface area contributed by atoms with Crippen LogP contribution in [0.4, 0.5) is 17.1 Å². The standard InChI is InChI=1S/C59H42N2/c1-59(2)54-28-9-5-20-48(54)52-26-15-27-53(58(52)59)51-23-8-10-29-55(51)60(42-17-13-18-43(38-42)61-56-30-11-6-21-49(56)50-22-7-12-31-57(50)61)41-35-32-40(33-36-41)45-24-14-25-46-44-19-4-3-16-39(44)34-37-47(45)46/h3-38H,1-2H3. The van der Waals surface area contributed by atoms with Crippen LogP contribution in [0.25, 0.3) is 82.4 Å². The highest BCUT2D eigenvalue weighted by molar-refractivity contribution is 6.12. The summed E-state index contributed by atoms with van der Waals surface area (Å²) >= 11 is 0. The van der Waals surface area contributed by atoms with Crippen LogP contribution in [0.2, 0.25) is 0 Å². The number of hydrogen-bond donors (Lipinski definition) is 0. The van der Waals surface area contributed by atoms with E-state index in [1.54, 1.807) is 0 Å². The van der Waals surface area contributed by atoms with E-state index >= 15 is 0 Å². The molecule has 12 rings (SSSR count). The molecule has 1 aliphatic carbocycles. The fraction of sp³-hybridized carbons (Fsp3) is 0.0508. The van der Waals surface area contributed by atoms with Gasteiger partial charge in [0.15, 0.2) is 0 Å². The fourth-order valence-corrected chi connectivity index (χ4v) is 10.4. The summed E-state index contributed by atoms with van der Waals surface area (Å²) < 4.78 is 2.41. The van der Waals surface area contributed by atoms with Gasteiger partial charge in [-0.15, -0.1) is 0 Å². The Balaban J connectivity index is 1.06. The maximum Gasteiger partial charge on any atom is 0.0541 e. The molecule has 61 heavy (non-hydrogen) atoms. The van der Waals surface area contributed by atoms with Crippen LogP contribution in [-0.2, 0) is 5.41 Å². The summed E-state index contributed by atoms with van der Waals surface area (Å²) in [4.78, 5) is 2.46. The van der Waals surface area contributed by atoms with Gasteiger partial charge in [0.2, 0.25) is 0 Å². The van der Waals surface area contributed by atoms with Crippen LogP contribution in [0.1, 0.15) is 25.0 Å². The summed E-state index contributed by atoms with van der Waals surface area (Å²) in [6.07, 6.45) is 0. The van der Waals surface area contributed by atoms with Crippen molar-refractivity contribution in [1.82, 2.24) is 4.57 Å². The number of benzene rings is 10. The predicted octanol–water partition coefficient (Wildman–Crippen LogP) is 16.2. The van der Waals surface area contributed by atoms with Crippen molar-refractivity contribution in [2.24, 2.45) is 0 Å². The molecule has 0 spiro atoms. The first-order chi connectivity index (χ1) is 30.0. The number of rotatable bonds is 6. The Kier molecular flexibility index (Phi) is 7.92. The number of aromatic nitrogens is 1. The molecular formula is C59H42N2. The third-order valence-electron chi connectivity index (χ3n) is 13.2. The molecule has 0 fully saturated rings. The molecule has 2 heteroatoms. The number of hydrogen-bond acceptors (Lipinski definition) is 1. The molecule has 2 nitrogen and oxygen atoms in total. The summed E-state index contributed by atoms with van der Waals surface area (Å²) in [5.74, 6) is 0. The molecule has 0 atom stereocenters. The Morgan fingerprint density at radius 3 is 1.74 bits per heavy atom. The average Bonchev–Trinajstić information content (AvgIpc) is 3.78. The predicted molar refractivity (Wildman–Crippen MR) is 259 cm³/mol. The van der Waals surface area contributed by atoms with E-state index in [1.807, 2.05) is 0 Å². The molecule has 10 aromatic carbocycles. The summed E-state index contributed by atoms with van der Waals surface area (Å²) in [6.45, 7) is 4.76. The number of para-hydroxylation sites is 3. The minimum Gasteiger partial charge on any atom is -0.310 e. The van der Waals surface area contributed by atoms with Crippen molar-refractivity contribution in [3.05, 3.63) is 230 Å². The zero-order valence-electron chi connectivity index (χ0n) is 34.2. The molecule has 0 saturated heterocycles. The second-order valence-electron chi connectivity index (χ2n) is 16.9. The van der Waals surface area contributed by atoms with Gasteiger partial charge < -0.3 is 9.47 Å². The molecular weight excluding hydrogens is 737 g/mol. The van der Waals surface area contributed by atoms with Crippen molar-refractivity contribution in [3.8, 4) is 39.1 Å². The maximum atomic E-state index is 2.46. The zero-order valence-corrected chi connectivity index (χ0v) is 34.2. The van der Waals surface area contributed by atoms with Crippen LogP contribution in [0, 0.1) is 0 Å². The maximum absolute atomic E-state index is 2.46. The van der Waals surface area contributed by atoms with E-state index in [4.69, 9.17) is 0 Å². The van der Waals surface area contributed by atoms with Crippen molar-refractivity contribution in [3.63, 3.8) is 0 Å². The largest absolute Gasteiger partial charge is 0.310 e. The van der Waals surface area contributed by atoms with Gasteiger partial charge >= 0.3 is 0 Å². The molecule has 288 valence electrons. The minimum absolute atomic E-state index is 0.164. The van der Waals surface area contributed by atoms with E-state index in [9.17, 15) is 0 Å². The Morgan fingerprint density at radius 1 is 0.377 bits per heavy atom. The summed E-state index contributed by atoms with van der Waals surface area (Å²) in [6, 6.07) is 80.4. The molecule has 0 bridgehead atoms. The first-order valence-corrected chi connectivity index (χ1v) is 21.3. The number of anilines is 3. The third-order valence-corrected chi connectivity index (χ3v) is 13.2. The van der Waals surface area contributed by atoms with E-state index in [0.29, 0.717) is 0 Å². The normalized spacial score (nSPS) is 12.9. The van der Waals surface area contributed by atoms with Gasteiger partial charge in [-0.25, -0.2) is 0 Å². The van der Waals surface area contributed by atoms with Crippen LogP contribution in [0.15, 0.2) is 218 Å². The van der Waals surface area contributed by atoms with Crippen molar-refractivity contribution >= 4 is 60.4 Å². The molecule has 0 radical (unpaired) electrons. The lowest BCUT2D eigenvalue weighted by Crippen LogP contribution is -2.17. The van der Waals surface area contributed by atoms with E-state index in [0.717, 1.165) is 22.7 Å². The monoisotopic (exact) mass is 778 g/mol. The Morgan fingerprint density at radius 2 is 0.951 bits per heavy atom. The van der Waals surface area contributed by atoms with Gasteiger partial charge in [-0.3, -0.25) is 0 Å². The van der Waals surface area contributed by atoms with Crippen LogP contribution in [0.5, 0.6) is 0 Å². The molecule has 11 aromatic rings. The smallest absolute Gasteiger partial charge is 0.0541 e.